The van der Waals surface area contributed by atoms with Gasteiger partial charge in [0.2, 0.25) is 0 Å². The van der Waals surface area contributed by atoms with Crippen LogP contribution >= 0.6 is 0 Å². The first kappa shape index (κ1) is 31.7. The highest BCUT2D eigenvalue weighted by Gasteiger charge is 2.31. The number of para-hydroxylation sites is 5. The first-order valence-corrected chi connectivity index (χ1v) is 19.6. The Bertz CT molecular complexity index is 3310. The van der Waals surface area contributed by atoms with Crippen LogP contribution in [0.4, 0.5) is 34.1 Å². The maximum atomic E-state index is 2.46. The highest BCUT2D eigenvalue weighted by atomic mass is 15.3. The third kappa shape index (κ3) is 4.79. The quantitative estimate of drug-likeness (QED) is 0.167. The number of aromatic nitrogens is 1. The molecule has 0 saturated carbocycles. The van der Waals surface area contributed by atoms with Crippen molar-refractivity contribution in [2.24, 2.45) is 0 Å². The molecule has 0 amide bonds. The highest BCUT2D eigenvalue weighted by molar-refractivity contribution is 6.26. The number of anilines is 6. The van der Waals surface area contributed by atoms with Crippen LogP contribution in [0.25, 0.3) is 70.9 Å². The molecule has 0 aliphatic carbocycles. The van der Waals surface area contributed by atoms with Gasteiger partial charge in [0.05, 0.1) is 33.8 Å². The molecule has 1 aliphatic rings. The van der Waals surface area contributed by atoms with Crippen molar-refractivity contribution in [3.05, 3.63) is 212 Å². The molecule has 3 heteroatoms. The molecule has 10 aromatic carbocycles. The Balaban J connectivity index is 1.13. The molecule has 12 rings (SSSR count). The Labute approximate surface area is 330 Å². The van der Waals surface area contributed by atoms with Gasteiger partial charge in [-0.25, -0.2) is 0 Å². The topological polar surface area (TPSA) is 11.4 Å². The molecule has 3 nitrogen and oxygen atoms in total. The van der Waals surface area contributed by atoms with E-state index in [0.717, 1.165) is 39.8 Å². The molecular weight excluding hydrogens is 691 g/mol. The number of fused-ring (bicyclic) bond motifs is 11. The standard InChI is InChI=1S/C54H35N3/c1-3-15-36(16-4-1)37-27-30-43-41-19-7-8-20-42(41)44-31-28-39(34-48(44)47(43)33-37)57-52-26-14-13-25-51(52)55(38-17-5-2-6-18-38)54-35-40(29-32-53(54)57)56-49-23-11-9-21-45(49)46-22-10-12-24-50(46)56/h1-35H. The molecule has 0 bridgehead atoms. The van der Waals surface area contributed by atoms with Crippen LogP contribution in [0.5, 0.6) is 0 Å². The van der Waals surface area contributed by atoms with Gasteiger partial charge in [0.25, 0.3) is 0 Å². The van der Waals surface area contributed by atoms with Gasteiger partial charge in [0.15, 0.2) is 0 Å². The zero-order chi connectivity index (χ0) is 37.5. The first-order chi connectivity index (χ1) is 28.3. The fourth-order valence-electron chi connectivity index (χ4n) is 9.35. The van der Waals surface area contributed by atoms with E-state index in [9.17, 15) is 0 Å². The van der Waals surface area contributed by atoms with E-state index in [2.05, 4.69) is 227 Å². The van der Waals surface area contributed by atoms with E-state index in [1.54, 1.807) is 0 Å². The van der Waals surface area contributed by atoms with Crippen LogP contribution in [0.15, 0.2) is 212 Å². The summed E-state index contributed by atoms with van der Waals surface area (Å²) < 4.78 is 2.41. The van der Waals surface area contributed by atoms with Crippen molar-refractivity contribution in [1.82, 2.24) is 4.57 Å². The molecule has 2 heterocycles. The molecule has 1 aromatic heterocycles. The molecule has 0 unspecified atom stereocenters. The fourth-order valence-corrected chi connectivity index (χ4v) is 9.35. The average molecular weight is 726 g/mol. The lowest BCUT2D eigenvalue weighted by Gasteiger charge is -2.40. The van der Waals surface area contributed by atoms with E-state index in [1.165, 1.54) is 65.3 Å². The SMILES string of the molecule is c1ccc(-c2ccc3c4ccccc4c4ccc(N5c6ccccc6N(c6ccccc6)c6cc(-n7c8ccccc8c8ccccc87)ccc65)cc4c3c2)cc1. The Kier molecular flexibility index (Phi) is 6.93. The summed E-state index contributed by atoms with van der Waals surface area (Å²) in [5.74, 6) is 0. The van der Waals surface area contributed by atoms with Gasteiger partial charge in [0.1, 0.15) is 0 Å². The highest BCUT2D eigenvalue weighted by Crippen LogP contribution is 2.55. The van der Waals surface area contributed by atoms with Crippen LogP contribution < -0.4 is 9.80 Å². The van der Waals surface area contributed by atoms with Crippen molar-refractivity contribution >= 4 is 88.2 Å². The summed E-state index contributed by atoms with van der Waals surface area (Å²) in [6.45, 7) is 0. The van der Waals surface area contributed by atoms with Crippen LogP contribution in [0.2, 0.25) is 0 Å². The zero-order valence-electron chi connectivity index (χ0n) is 31.0. The number of hydrogen-bond acceptors (Lipinski definition) is 2. The maximum Gasteiger partial charge on any atom is 0.0724 e. The lowest BCUT2D eigenvalue weighted by molar-refractivity contribution is 1.14. The minimum atomic E-state index is 1.12. The fraction of sp³-hybridized carbons (Fsp3) is 0. The van der Waals surface area contributed by atoms with Gasteiger partial charge >= 0.3 is 0 Å². The second-order valence-corrected chi connectivity index (χ2v) is 14.9. The molecule has 0 N–H and O–H groups in total. The second kappa shape index (κ2) is 12.5. The number of benzene rings is 10. The van der Waals surface area contributed by atoms with Crippen LogP contribution in [0.3, 0.4) is 0 Å². The summed E-state index contributed by atoms with van der Waals surface area (Å²) in [7, 11) is 0. The largest absolute Gasteiger partial charge is 0.309 e. The van der Waals surface area contributed by atoms with Crippen molar-refractivity contribution in [1.29, 1.82) is 0 Å². The summed E-state index contributed by atoms with van der Waals surface area (Å²) >= 11 is 0. The van der Waals surface area contributed by atoms with E-state index >= 15 is 0 Å². The van der Waals surface area contributed by atoms with Gasteiger partial charge in [-0.15, -0.1) is 0 Å². The van der Waals surface area contributed by atoms with E-state index in [1.807, 2.05) is 0 Å². The van der Waals surface area contributed by atoms with Gasteiger partial charge < -0.3 is 14.4 Å². The van der Waals surface area contributed by atoms with Gasteiger partial charge in [-0.2, -0.15) is 0 Å². The van der Waals surface area contributed by atoms with Crippen LogP contribution in [0, 0.1) is 0 Å². The van der Waals surface area contributed by atoms with Crippen LogP contribution in [0.1, 0.15) is 0 Å². The molecule has 0 radical (unpaired) electrons. The molecule has 0 saturated heterocycles. The van der Waals surface area contributed by atoms with Crippen LogP contribution in [-0.4, -0.2) is 4.57 Å². The van der Waals surface area contributed by atoms with Gasteiger partial charge in [-0.05, 0) is 116 Å². The molecule has 0 spiro atoms. The van der Waals surface area contributed by atoms with Gasteiger partial charge in [-0.1, -0.05) is 140 Å². The summed E-state index contributed by atoms with van der Waals surface area (Å²) in [6, 6.07) is 77.6. The normalized spacial score (nSPS) is 12.5. The molecular formula is C54H35N3. The first-order valence-electron chi connectivity index (χ1n) is 19.6. The lowest BCUT2D eigenvalue weighted by Crippen LogP contribution is -2.24. The molecule has 266 valence electrons. The van der Waals surface area contributed by atoms with E-state index in [4.69, 9.17) is 0 Å². The third-order valence-electron chi connectivity index (χ3n) is 11.8. The van der Waals surface area contributed by atoms with Crippen molar-refractivity contribution < 1.29 is 0 Å². The van der Waals surface area contributed by atoms with E-state index < -0.39 is 0 Å². The van der Waals surface area contributed by atoms with Crippen molar-refractivity contribution in [2.75, 3.05) is 9.80 Å². The molecule has 57 heavy (non-hydrogen) atoms. The van der Waals surface area contributed by atoms with E-state index in [-0.39, 0.29) is 0 Å². The molecule has 0 atom stereocenters. The van der Waals surface area contributed by atoms with Crippen molar-refractivity contribution in [3.63, 3.8) is 0 Å². The number of rotatable bonds is 4. The minimum absolute atomic E-state index is 1.12. The average Bonchev–Trinajstić information content (AvgIpc) is 3.63. The Morgan fingerprint density at radius 2 is 0.702 bits per heavy atom. The predicted molar refractivity (Wildman–Crippen MR) is 242 cm³/mol. The molecule has 11 aromatic rings. The van der Waals surface area contributed by atoms with Crippen molar-refractivity contribution in [2.45, 2.75) is 0 Å². The van der Waals surface area contributed by atoms with E-state index in [0.29, 0.717) is 0 Å². The minimum Gasteiger partial charge on any atom is -0.309 e. The molecule has 1 aliphatic heterocycles. The molecule has 0 fully saturated rings. The Morgan fingerprint density at radius 3 is 1.37 bits per heavy atom. The van der Waals surface area contributed by atoms with Gasteiger partial charge in [0, 0.05) is 27.8 Å². The number of hydrogen-bond donors (Lipinski definition) is 0. The van der Waals surface area contributed by atoms with Gasteiger partial charge in [-0.3, -0.25) is 0 Å². The zero-order valence-corrected chi connectivity index (χ0v) is 31.0. The lowest BCUT2D eigenvalue weighted by atomic mass is 9.91. The second-order valence-electron chi connectivity index (χ2n) is 14.9. The smallest absolute Gasteiger partial charge is 0.0724 e. The Morgan fingerprint density at radius 1 is 0.228 bits per heavy atom. The maximum absolute atomic E-state index is 2.46. The third-order valence-corrected chi connectivity index (χ3v) is 11.8. The summed E-state index contributed by atoms with van der Waals surface area (Å²) in [6.07, 6.45) is 0. The summed E-state index contributed by atoms with van der Waals surface area (Å²) in [5.41, 5.74) is 12.7. The van der Waals surface area contributed by atoms with Crippen LogP contribution in [-0.2, 0) is 0 Å². The summed E-state index contributed by atoms with van der Waals surface area (Å²) in [4.78, 5) is 4.88. The van der Waals surface area contributed by atoms with Crippen molar-refractivity contribution in [3.8, 4) is 16.8 Å². The monoisotopic (exact) mass is 725 g/mol. The predicted octanol–water partition coefficient (Wildman–Crippen LogP) is 15.2. The number of nitrogens with zero attached hydrogens (tertiary/aromatic N) is 3. The summed E-state index contributed by atoms with van der Waals surface area (Å²) in [5, 5.41) is 10.1. The Hall–Kier alpha value is -7.62.